The predicted molar refractivity (Wildman–Crippen MR) is 50.8 cm³/mol. The molecule has 2 atom stereocenters. The van der Waals surface area contributed by atoms with E-state index in [0.717, 1.165) is 6.61 Å². The van der Waals surface area contributed by atoms with Crippen LogP contribution in [-0.2, 0) is 14.2 Å². The van der Waals surface area contributed by atoms with Crippen LogP contribution in [0.4, 0.5) is 0 Å². The minimum absolute atomic E-state index is 0.134. The highest BCUT2D eigenvalue weighted by Crippen LogP contribution is 2.08. The van der Waals surface area contributed by atoms with Crippen LogP contribution in [0, 0.1) is 5.92 Å². The molecule has 1 saturated heterocycles. The summed E-state index contributed by atoms with van der Waals surface area (Å²) in [6.45, 7) is 9.14. The Kier molecular flexibility index (Phi) is 4.70. The van der Waals surface area contributed by atoms with Crippen LogP contribution in [0.1, 0.15) is 20.8 Å². The minimum atomic E-state index is 0.134. The topological polar surface area (TPSA) is 27.7 Å². The maximum Gasteiger partial charge on any atom is 0.104 e. The fourth-order valence-electron chi connectivity index (χ4n) is 1.08. The molecule has 78 valence electrons. The lowest BCUT2D eigenvalue weighted by molar-refractivity contribution is -0.127. The lowest BCUT2D eigenvalue weighted by atomic mass is 10.1. The number of hydrogen-bond donors (Lipinski definition) is 0. The van der Waals surface area contributed by atoms with Gasteiger partial charge < -0.3 is 14.2 Å². The Bertz CT molecular complexity index is 130. The molecular weight excluding hydrogens is 168 g/mol. The van der Waals surface area contributed by atoms with Crippen molar-refractivity contribution in [2.45, 2.75) is 33.0 Å². The van der Waals surface area contributed by atoms with Gasteiger partial charge in [-0.2, -0.15) is 0 Å². The summed E-state index contributed by atoms with van der Waals surface area (Å²) < 4.78 is 16.4. The molecule has 1 aliphatic heterocycles. The molecular formula is C10H20O3. The molecule has 1 aliphatic rings. The summed E-state index contributed by atoms with van der Waals surface area (Å²) >= 11 is 0. The monoisotopic (exact) mass is 188 g/mol. The van der Waals surface area contributed by atoms with Crippen molar-refractivity contribution in [2.24, 2.45) is 5.92 Å². The van der Waals surface area contributed by atoms with Crippen molar-refractivity contribution in [1.29, 1.82) is 0 Å². The summed E-state index contributed by atoms with van der Waals surface area (Å²) in [6.07, 6.45) is 0.431. The van der Waals surface area contributed by atoms with Crippen molar-refractivity contribution in [3.63, 3.8) is 0 Å². The zero-order chi connectivity index (χ0) is 9.68. The second kappa shape index (κ2) is 5.58. The van der Waals surface area contributed by atoms with Gasteiger partial charge in [0.25, 0.3) is 0 Å². The molecule has 0 amide bonds. The molecule has 1 rings (SSSR count). The van der Waals surface area contributed by atoms with Gasteiger partial charge in [0.15, 0.2) is 0 Å². The highest BCUT2D eigenvalue weighted by atomic mass is 16.6. The highest BCUT2D eigenvalue weighted by Gasteiger charge is 2.16. The van der Waals surface area contributed by atoms with E-state index in [-0.39, 0.29) is 6.10 Å². The molecule has 0 aromatic carbocycles. The molecule has 13 heavy (non-hydrogen) atoms. The fraction of sp³-hybridized carbons (Fsp3) is 1.00. The van der Waals surface area contributed by atoms with Gasteiger partial charge in [-0.1, -0.05) is 13.8 Å². The molecule has 0 radical (unpaired) electrons. The third-order valence-electron chi connectivity index (χ3n) is 2.37. The summed E-state index contributed by atoms with van der Waals surface area (Å²) in [7, 11) is 0. The van der Waals surface area contributed by atoms with Crippen LogP contribution in [0.2, 0.25) is 0 Å². The number of hydrogen-bond acceptors (Lipinski definition) is 3. The zero-order valence-electron chi connectivity index (χ0n) is 8.79. The van der Waals surface area contributed by atoms with Crippen LogP contribution in [0.3, 0.4) is 0 Å². The quantitative estimate of drug-likeness (QED) is 0.668. The summed E-state index contributed by atoms with van der Waals surface area (Å²) in [4.78, 5) is 0. The highest BCUT2D eigenvalue weighted by molar-refractivity contribution is 4.62. The van der Waals surface area contributed by atoms with Gasteiger partial charge in [-0.05, 0) is 12.8 Å². The van der Waals surface area contributed by atoms with Crippen LogP contribution in [0.15, 0.2) is 0 Å². The van der Waals surface area contributed by atoms with E-state index in [9.17, 15) is 0 Å². The fourth-order valence-corrected chi connectivity index (χ4v) is 1.08. The molecule has 0 N–H and O–H groups in total. The molecule has 0 aromatic heterocycles. The first-order chi connectivity index (χ1) is 6.20. The van der Waals surface area contributed by atoms with E-state index in [1.807, 2.05) is 0 Å². The Hall–Kier alpha value is -0.120. The van der Waals surface area contributed by atoms with Gasteiger partial charge in [-0.25, -0.2) is 0 Å². The van der Waals surface area contributed by atoms with Crippen LogP contribution < -0.4 is 0 Å². The van der Waals surface area contributed by atoms with Crippen LogP contribution in [0.5, 0.6) is 0 Å². The molecule has 3 heteroatoms. The summed E-state index contributed by atoms with van der Waals surface area (Å²) in [5, 5.41) is 0. The first kappa shape index (κ1) is 11.0. The Morgan fingerprint density at radius 1 is 1.31 bits per heavy atom. The van der Waals surface area contributed by atoms with Crippen LogP contribution in [-0.4, -0.2) is 38.6 Å². The average molecular weight is 188 g/mol. The zero-order valence-corrected chi connectivity index (χ0v) is 8.79. The lowest BCUT2D eigenvalue weighted by Crippen LogP contribution is -2.34. The standard InChI is InChI=1S/C10H20O3/c1-8(2)9(3)13-7-10-6-11-4-5-12-10/h8-10H,4-7H2,1-3H3/t9-,10-/m1/s1. The lowest BCUT2D eigenvalue weighted by Gasteiger charge is -2.25. The molecule has 0 unspecified atom stereocenters. The van der Waals surface area contributed by atoms with E-state index in [1.54, 1.807) is 0 Å². The summed E-state index contributed by atoms with van der Waals surface area (Å²) in [5.41, 5.74) is 0. The van der Waals surface area contributed by atoms with Crippen molar-refractivity contribution >= 4 is 0 Å². The van der Waals surface area contributed by atoms with Gasteiger partial charge in [-0.3, -0.25) is 0 Å². The second-order valence-corrected chi connectivity index (χ2v) is 3.85. The Morgan fingerprint density at radius 2 is 2.08 bits per heavy atom. The SMILES string of the molecule is CC(C)[C@@H](C)OC[C@H]1COCCO1. The second-order valence-electron chi connectivity index (χ2n) is 3.85. The molecule has 1 fully saturated rings. The molecule has 0 saturated carbocycles. The third-order valence-corrected chi connectivity index (χ3v) is 2.37. The van der Waals surface area contributed by atoms with Gasteiger partial charge in [0.1, 0.15) is 6.10 Å². The Labute approximate surface area is 80.4 Å². The van der Waals surface area contributed by atoms with Gasteiger partial charge >= 0.3 is 0 Å². The minimum Gasteiger partial charge on any atom is -0.376 e. The Morgan fingerprint density at radius 3 is 2.62 bits per heavy atom. The average Bonchev–Trinajstić information content (AvgIpc) is 2.15. The smallest absolute Gasteiger partial charge is 0.104 e. The van der Waals surface area contributed by atoms with Crippen molar-refractivity contribution < 1.29 is 14.2 Å². The summed E-state index contributed by atoms with van der Waals surface area (Å²) in [6, 6.07) is 0. The maximum atomic E-state index is 5.64. The molecule has 0 spiro atoms. The molecule has 3 nitrogen and oxygen atoms in total. The third kappa shape index (κ3) is 4.07. The predicted octanol–water partition coefficient (Wildman–Crippen LogP) is 1.46. The van der Waals surface area contributed by atoms with E-state index in [2.05, 4.69) is 20.8 Å². The van der Waals surface area contributed by atoms with E-state index in [1.165, 1.54) is 0 Å². The Balaban J connectivity index is 2.10. The van der Waals surface area contributed by atoms with E-state index >= 15 is 0 Å². The van der Waals surface area contributed by atoms with Gasteiger partial charge in [0, 0.05) is 0 Å². The van der Waals surface area contributed by atoms with E-state index < -0.39 is 0 Å². The normalized spacial score (nSPS) is 26.3. The molecule has 0 aliphatic carbocycles. The first-order valence-electron chi connectivity index (χ1n) is 5.01. The van der Waals surface area contributed by atoms with Crippen molar-refractivity contribution in [3.8, 4) is 0 Å². The first-order valence-corrected chi connectivity index (χ1v) is 5.01. The van der Waals surface area contributed by atoms with Gasteiger partial charge in [0.2, 0.25) is 0 Å². The number of rotatable bonds is 4. The summed E-state index contributed by atoms with van der Waals surface area (Å²) in [5.74, 6) is 0.560. The van der Waals surface area contributed by atoms with Crippen molar-refractivity contribution in [2.75, 3.05) is 26.4 Å². The maximum absolute atomic E-state index is 5.64. The van der Waals surface area contributed by atoms with Crippen LogP contribution >= 0.6 is 0 Å². The number of ether oxygens (including phenoxy) is 3. The molecule has 0 aromatic rings. The largest absolute Gasteiger partial charge is 0.376 e. The van der Waals surface area contributed by atoms with E-state index in [0.29, 0.717) is 31.8 Å². The molecule has 0 bridgehead atoms. The van der Waals surface area contributed by atoms with E-state index in [4.69, 9.17) is 14.2 Å². The van der Waals surface area contributed by atoms with Crippen LogP contribution in [0.25, 0.3) is 0 Å². The van der Waals surface area contributed by atoms with Crippen molar-refractivity contribution in [3.05, 3.63) is 0 Å². The van der Waals surface area contributed by atoms with Gasteiger partial charge in [-0.15, -0.1) is 0 Å². The van der Waals surface area contributed by atoms with Crippen molar-refractivity contribution in [1.82, 2.24) is 0 Å². The van der Waals surface area contributed by atoms with Gasteiger partial charge in [0.05, 0.1) is 32.5 Å². The molecule has 1 heterocycles.